The lowest BCUT2D eigenvalue weighted by Crippen LogP contribution is -2.10. The Balaban J connectivity index is 2.05. The van der Waals surface area contributed by atoms with Crippen LogP contribution in [0.5, 0.6) is 0 Å². The zero-order valence-corrected chi connectivity index (χ0v) is 20.2. The van der Waals surface area contributed by atoms with Gasteiger partial charge in [0.25, 0.3) is 11.9 Å². The minimum Gasteiger partial charge on any atom is -0.481 e. The summed E-state index contributed by atoms with van der Waals surface area (Å²) in [5, 5.41) is 25.7. The van der Waals surface area contributed by atoms with Crippen molar-refractivity contribution in [3.8, 4) is 11.1 Å². The number of rotatable bonds is 8. The van der Waals surface area contributed by atoms with E-state index >= 15 is 0 Å². The fourth-order valence-electron chi connectivity index (χ4n) is 2.92. The number of aromatic nitrogens is 2. The van der Waals surface area contributed by atoms with Crippen molar-refractivity contribution in [3.05, 3.63) is 82.6 Å². The number of halogens is 3. The van der Waals surface area contributed by atoms with Crippen molar-refractivity contribution < 1.29 is 23.8 Å². The quantitative estimate of drug-likeness (QED) is 0.131. The van der Waals surface area contributed by atoms with Gasteiger partial charge in [0, 0.05) is 36.9 Å². The number of hydrogen-bond acceptors (Lipinski definition) is 9. The molecule has 0 fully saturated rings. The van der Waals surface area contributed by atoms with Crippen LogP contribution in [0.2, 0.25) is 0 Å². The molecule has 36 heavy (non-hydrogen) atoms. The molecule has 0 bridgehead atoms. The number of allylic oxidation sites excluding steroid dienone is 1. The Bertz CT molecular complexity index is 1380. The summed E-state index contributed by atoms with van der Waals surface area (Å²) in [7, 11) is 1.55. The minimum atomic E-state index is -1.18. The molecule has 13 heteroatoms. The summed E-state index contributed by atoms with van der Waals surface area (Å²) in [4.78, 5) is 24.3. The normalized spacial score (nSPS) is 11.3. The van der Waals surface area contributed by atoms with Crippen LogP contribution in [0.4, 0.5) is 31.9 Å². The molecule has 0 aliphatic heterocycles. The van der Waals surface area contributed by atoms with Crippen LogP contribution in [0.3, 0.4) is 0 Å². The number of anilines is 4. The van der Waals surface area contributed by atoms with Crippen molar-refractivity contribution in [2.45, 2.75) is 0 Å². The van der Waals surface area contributed by atoms with Gasteiger partial charge in [-0.1, -0.05) is 6.07 Å². The van der Waals surface area contributed by atoms with E-state index in [0.29, 0.717) is 22.9 Å². The third-order valence-corrected chi connectivity index (χ3v) is 5.11. The number of nitrogens with zero attached hydrogens (tertiary/aromatic N) is 3. The Morgan fingerprint density at radius 2 is 1.92 bits per heavy atom. The number of aliphatic hydroxyl groups is 2. The smallest absolute Gasteiger partial charge is 0.279 e. The summed E-state index contributed by atoms with van der Waals surface area (Å²) >= 11 is 3.11. The van der Waals surface area contributed by atoms with Crippen LogP contribution in [0.25, 0.3) is 11.1 Å². The van der Waals surface area contributed by atoms with E-state index in [-0.39, 0.29) is 27.6 Å². The summed E-state index contributed by atoms with van der Waals surface area (Å²) in [6, 6.07) is 8.03. The zero-order valence-electron chi connectivity index (χ0n) is 18.6. The molecule has 0 unspecified atom stereocenters. The maximum absolute atomic E-state index is 14.7. The molecule has 10 nitrogen and oxygen atoms in total. The molecule has 0 saturated carbocycles. The second-order valence-electron chi connectivity index (χ2n) is 7.03. The maximum atomic E-state index is 14.7. The van der Waals surface area contributed by atoms with E-state index in [1.807, 2.05) is 0 Å². The van der Waals surface area contributed by atoms with Crippen molar-refractivity contribution in [3.63, 3.8) is 0 Å². The summed E-state index contributed by atoms with van der Waals surface area (Å²) in [5.74, 6) is -3.04. The number of aliphatic hydroxyl groups excluding tert-OH is 1. The van der Waals surface area contributed by atoms with Gasteiger partial charge in [-0.3, -0.25) is 9.79 Å². The van der Waals surface area contributed by atoms with Gasteiger partial charge in [0.1, 0.15) is 17.5 Å². The van der Waals surface area contributed by atoms with Gasteiger partial charge in [-0.25, -0.2) is 13.8 Å². The minimum absolute atomic E-state index is 0.0850. The van der Waals surface area contributed by atoms with E-state index in [9.17, 15) is 13.6 Å². The average molecular weight is 560 g/mol. The van der Waals surface area contributed by atoms with Gasteiger partial charge < -0.3 is 31.9 Å². The topological polar surface area (TPSA) is 158 Å². The second kappa shape index (κ2) is 11.8. The highest BCUT2D eigenvalue weighted by Crippen LogP contribution is 2.33. The first-order valence-electron chi connectivity index (χ1n) is 10.1. The number of nitrogens with two attached hydrogens (primary N) is 1. The van der Waals surface area contributed by atoms with Gasteiger partial charge in [-0.05, 0) is 51.8 Å². The third kappa shape index (κ3) is 6.76. The van der Waals surface area contributed by atoms with Gasteiger partial charge in [0.2, 0.25) is 5.95 Å². The zero-order chi connectivity index (χ0) is 26.2. The fraction of sp³-hybridized carbons (Fsp3) is 0.0435. The SMILES string of the molecule is CN=C/C(=C\N)Nc1ncc(-c2ccc(Br)c(F)c2)c(Nc2cc(NC(=O)C=C(O)O)ccc2F)n1. The number of nitrogens with one attached hydrogen (secondary N) is 3. The van der Waals surface area contributed by atoms with Crippen LogP contribution < -0.4 is 21.7 Å². The predicted molar refractivity (Wildman–Crippen MR) is 137 cm³/mol. The van der Waals surface area contributed by atoms with Crippen LogP contribution >= 0.6 is 15.9 Å². The lowest BCUT2D eigenvalue weighted by molar-refractivity contribution is -0.112. The molecule has 1 heterocycles. The second-order valence-corrected chi connectivity index (χ2v) is 7.88. The van der Waals surface area contributed by atoms with Crippen LogP contribution in [-0.2, 0) is 4.79 Å². The van der Waals surface area contributed by atoms with Crippen LogP contribution in [0.1, 0.15) is 0 Å². The molecule has 0 atom stereocenters. The van der Waals surface area contributed by atoms with Crippen LogP contribution in [0, 0.1) is 11.6 Å². The van der Waals surface area contributed by atoms with E-state index in [4.69, 9.17) is 15.9 Å². The van der Waals surface area contributed by atoms with Gasteiger partial charge >= 0.3 is 0 Å². The number of hydrogen-bond donors (Lipinski definition) is 6. The van der Waals surface area contributed by atoms with Crippen molar-refractivity contribution >= 4 is 51.2 Å². The predicted octanol–water partition coefficient (Wildman–Crippen LogP) is 4.74. The van der Waals surface area contributed by atoms with Crippen molar-refractivity contribution in [2.75, 3.05) is 23.0 Å². The molecule has 0 radical (unpaired) electrons. The molecule has 1 amide bonds. The first kappa shape index (κ1) is 26.1. The molecule has 0 aliphatic carbocycles. The Morgan fingerprint density at radius 1 is 1.14 bits per heavy atom. The van der Waals surface area contributed by atoms with E-state index in [0.717, 1.165) is 6.07 Å². The number of aliphatic imine (C=N–C) groups is 1. The number of carbonyl (C=O) groups is 1. The number of amides is 1. The summed E-state index contributed by atoms with van der Waals surface area (Å²) in [5.41, 5.74) is 6.78. The molecule has 1 aromatic heterocycles. The van der Waals surface area contributed by atoms with Crippen molar-refractivity contribution in [1.82, 2.24) is 9.97 Å². The van der Waals surface area contributed by atoms with Gasteiger partial charge in [0.05, 0.1) is 21.9 Å². The molecule has 0 spiro atoms. The fourth-order valence-corrected chi connectivity index (χ4v) is 3.17. The van der Waals surface area contributed by atoms with Gasteiger partial charge in [0.15, 0.2) is 0 Å². The summed E-state index contributed by atoms with van der Waals surface area (Å²) in [6.45, 7) is 0. The molecule has 3 rings (SSSR count). The first-order chi connectivity index (χ1) is 17.2. The van der Waals surface area contributed by atoms with Crippen LogP contribution in [0.15, 0.2) is 76.0 Å². The molecular weight excluding hydrogens is 540 g/mol. The maximum Gasteiger partial charge on any atom is 0.279 e. The van der Waals surface area contributed by atoms with E-state index < -0.39 is 23.5 Å². The Morgan fingerprint density at radius 3 is 2.58 bits per heavy atom. The van der Waals surface area contributed by atoms with E-state index in [1.165, 1.54) is 42.9 Å². The molecular formula is C23H20BrF2N7O3. The third-order valence-electron chi connectivity index (χ3n) is 4.47. The molecule has 0 aliphatic rings. The van der Waals surface area contributed by atoms with Gasteiger partial charge in [-0.15, -0.1) is 0 Å². The Kier molecular flexibility index (Phi) is 8.52. The molecule has 186 valence electrons. The highest BCUT2D eigenvalue weighted by Gasteiger charge is 2.15. The molecule has 0 saturated heterocycles. The van der Waals surface area contributed by atoms with Gasteiger partial charge in [-0.2, -0.15) is 4.98 Å². The monoisotopic (exact) mass is 559 g/mol. The lowest BCUT2D eigenvalue weighted by atomic mass is 10.1. The molecule has 7 N–H and O–H groups in total. The number of benzene rings is 2. The van der Waals surface area contributed by atoms with Crippen LogP contribution in [-0.4, -0.2) is 39.4 Å². The van der Waals surface area contributed by atoms with E-state index in [1.54, 1.807) is 13.1 Å². The first-order valence-corrected chi connectivity index (χ1v) is 10.9. The largest absolute Gasteiger partial charge is 0.481 e. The highest BCUT2D eigenvalue weighted by atomic mass is 79.9. The summed E-state index contributed by atoms with van der Waals surface area (Å²) in [6.07, 6.45) is 4.65. The Hall–Kier alpha value is -4.52. The standard InChI is InChI=1S/C23H20BrF2N7O3/c1-28-10-14(9-27)31-23-29-11-15(12-2-4-16(24)18(26)6-12)22(33-23)32-19-7-13(3-5-17(19)25)30-20(34)8-21(35)36/h2-11,35-36H,27H2,1H3,(H,30,34)(H2,29,31,32,33)/b14-9+,28-10?. The Labute approximate surface area is 212 Å². The molecule has 3 aromatic rings. The van der Waals surface area contributed by atoms with Crippen molar-refractivity contribution in [1.29, 1.82) is 0 Å². The van der Waals surface area contributed by atoms with E-state index in [2.05, 4.69) is 46.8 Å². The lowest BCUT2D eigenvalue weighted by Gasteiger charge is -2.15. The molecule has 2 aromatic carbocycles. The highest BCUT2D eigenvalue weighted by molar-refractivity contribution is 9.10. The summed E-state index contributed by atoms with van der Waals surface area (Å²) < 4.78 is 29.2. The average Bonchev–Trinajstić information content (AvgIpc) is 2.82. The number of carbonyl (C=O) groups excluding carboxylic acids is 1. The van der Waals surface area contributed by atoms with Crippen molar-refractivity contribution in [2.24, 2.45) is 10.7 Å².